The number of hydrogen-bond donors (Lipinski definition) is 0. The van der Waals surface area contributed by atoms with Gasteiger partial charge >= 0.3 is 5.97 Å². The van der Waals surface area contributed by atoms with Crippen LogP contribution < -0.4 is 0 Å². The first-order chi connectivity index (χ1) is 8.10. The third kappa shape index (κ3) is 3.56. The van der Waals surface area contributed by atoms with Crippen molar-refractivity contribution in [2.24, 2.45) is 4.99 Å². The number of methoxy groups -OCH3 is 1. The molecule has 17 heavy (non-hydrogen) atoms. The summed E-state index contributed by atoms with van der Waals surface area (Å²) in [5.74, 6) is -0.495. The molecule has 0 saturated heterocycles. The van der Waals surface area contributed by atoms with Crippen molar-refractivity contribution in [3.8, 4) is 0 Å². The average molecular weight is 274 g/mol. The number of isocyanates is 1. The van der Waals surface area contributed by atoms with Gasteiger partial charge in [0.05, 0.1) is 29.6 Å². The Morgan fingerprint density at radius 3 is 2.82 bits per heavy atom. The minimum Gasteiger partial charge on any atom is -0.469 e. The Hall–Kier alpha value is -1.35. The summed E-state index contributed by atoms with van der Waals surface area (Å²) in [7, 11) is 1.25. The van der Waals surface area contributed by atoms with Gasteiger partial charge in [0.15, 0.2) is 0 Å². The van der Waals surface area contributed by atoms with Crippen LogP contribution in [0.25, 0.3) is 0 Å². The highest BCUT2D eigenvalue weighted by atomic mass is 35.5. The van der Waals surface area contributed by atoms with E-state index >= 15 is 0 Å². The van der Waals surface area contributed by atoms with Crippen LogP contribution in [0.15, 0.2) is 23.2 Å². The van der Waals surface area contributed by atoms with Gasteiger partial charge in [0.2, 0.25) is 6.08 Å². The second kappa shape index (κ2) is 6.40. The summed E-state index contributed by atoms with van der Waals surface area (Å²) in [6.07, 6.45) is 1.32. The Morgan fingerprint density at radius 1 is 1.53 bits per heavy atom. The Morgan fingerprint density at radius 2 is 2.24 bits per heavy atom. The number of halogens is 2. The molecule has 0 aromatic heterocycles. The van der Waals surface area contributed by atoms with Crippen molar-refractivity contribution >= 4 is 35.3 Å². The molecule has 0 aliphatic rings. The number of nitrogens with zero attached hydrogens (tertiary/aromatic N) is 1. The van der Waals surface area contributed by atoms with Crippen LogP contribution in [0.1, 0.15) is 18.0 Å². The van der Waals surface area contributed by atoms with Crippen molar-refractivity contribution in [1.29, 1.82) is 0 Å². The zero-order chi connectivity index (χ0) is 12.8. The van der Waals surface area contributed by atoms with Crippen molar-refractivity contribution in [3.63, 3.8) is 0 Å². The first kappa shape index (κ1) is 13.7. The molecule has 1 aromatic carbocycles. The summed E-state index contributed by atoms with van der Waals surface area (Å²) in [4.78, 5) is 25.0. The second-order valence-electron chi connectivity index (χ2n) is 3.16. The Kier molecular flexibility index (Phi) is 5.16. The van der Waals surface area contributed by atoms with E-state index in [1.807, 2.05) is 0 Å². The number of esters is 1. The van der Waals surface area contributed by atoms with Crippen molar-refractivity contribution < 1.29 is 14.3 Å². The number of ether oxygens (including phenoxy) is 1. The molecule has 1 rings (SSSR count). The molecule has 1 aromatic rings. The Labute approximate surface area is 108 Å². The lowest BCUT2D eigenvalue weighted by molar-refractivity contribution is -0.141. The van der Waals surface area contributed by atoms with E-state index in [0.717, 1.165) is 0 Å². The molecule has 0 fully saturated rings. The fourth-order valence-corrected chi connectivity index (χ4v) is 1.74. The van der Waals surface area contributed by atoms with Gasteiger partial charge in [0.25, 0.3) is 0 Å². The van der Waals surface area contributed by atoms with Crippen LogP contribution in [-0.2, 0) is 14.3 Å². The Balaban J connectivity index is 3.09. The van der Waals surface area contributed by atoms with E-state index < -0.39 is 12.0 Å². The molecule has 6 heteroatoms. The molecule has 0 heterocycles. The number of aliphatic imine (C=N–C) groups is 1. The van der Waals surface area contributed by atoms with Crippen LogP contribution in [0.2, 0.25) is 10.0 Å². The molecule has 0 spiro atoms. The lowest BCUT2D eigenvalue weighted by Crippen LogP contribution is -2.07. The molecule has 0 aliphatic heterocycles. The molecule has 90 valence electrons. The summed E-state index contributed by atoms with van der Waals surface area (Å²) in [5.41, 5.74) is 0.493. The van der Waals surface area contributed by atoms with Crippen molar-refractivity contribution in [3.05, 3.63) is 33.8 Å². The molecule has 1 atom stereocenters. The Bertz CT molecular complexity index is 470. The van der Waals surface area contributed by atoms with Gasteiger partial charge in [0, 0.05) is 0 Å². The molecule has 0 bridgehead atoms. The van der Waals surface area contributed by atoms with Crippen molar-refractivity contribution in [2.45, 2.75) is 12.5 Å². The number of hydrogen-bond acceptors (Lipinski definition) is 4. The van der Waals surface area contributed by atoms with Gasteiger partial charge in [-0.2, -0.15) is 4.99 Å². The van der Waals surface area contributed by atoms with Gasteiger partial charge in [-0.3, -0.25) is 4.79 Å². The lowest BCUT2D eigenvalue weighted by Gasteiger charge is -2.12. The third-order valence-corrected chi connectivity index (χ3v) is 2.97. The summed E-state index contributed by atoms with van der Waals surface area (Å²) in [5, 5.41) is 0.599. The predicted octanol–water partition coefficient (Wildman–Crippen LogP) is 2.93. The van der Waals surface area contributed by atoms with Crippen LogP contribution >= 0.6 is 23.2 Å². The number of carbonyl (C=O) groups excluding carboxylic acids is 2. The largest absolute Gasteiger partial charge is 0.469 e. The van der Waals surface area contributed by atoms with Gasteiger partial charge in [-0.05, 0) is 11.6 Å². The van der Waals surface area contributed by atoms with Gasteiger partial charge in [0.1, 0.15) is 0 Å². The molecule has 0 radical (unpaired) electrons. The smallest absolute Gasteiger partial charge is 0.308 e. The fourth-order valence-electron chi connectivity index (χ4n) is 1.31. The van der Waals surface area contributed by atoms with Crippen LogP contribution in [-0.4, -0.2) is 19.2 Å². The quantitative estimate of drug-likeness (QED) is 0.482. The van der Waals surface area contributed by atoms with Crippen LogP contribution in [0.5, 0.6) is 0 Å². The number of rotatable bonds is 4. The minimum atomic E-state index is -0.730. The van der Waals surface area contributed by atoms with Gasteiger partial charge in [-0.25, -0.2) is 4.79 Å². The predicted molar refractivity (Wildman–Crippen MR) is 64.0 cm³/mol. The fraction of sp³-hybridized carbons (Fsp3) is 0.273. The van der Waals surface area contributed by atoms with E-state index in [1.165, 1.54) is 13.2 Å². The topological polar surface area (TPSA) is 55.7 Å². The molecule has 0 N–H and O–H groups in total. The highest BCUT2D eigenvalue weighted by Crippen LogP contribution is 2.33. The maximum atomic E-state index is 11.2. The zero-order valence-corrected chi connectivity index (χ0v) is 10.5. The SMILES string of the molecule is COC(=O)C[C@H](N=C=O)c1cccc(Cl)c1Cl. The van der Waals surface area contributed by atoms with Gasteiger partial charge < -0.3 is 4.74 Å². The highest BCUT2D eigenvalue weighted by molar-refractivity contribution is 6.42. The molecular formula is C11H9Cl2NO3. The van der Waals surface area contributed by atoms with Gasteiger partial charge in [-0.1, -0.05) is 35.3 Å². The summed E-state index contributed by atoms with van der Waals surface area (Å²) >= 11 is 11.8. The molecule has 0 saturated carbocycles. The van der Waals surface area contributed by atoms with E-state index in [4.69, 9.17) is 23.2 Å². The summed E-state index contributed by atoms with van der Waals surface area (Å²) in [6, 6.07) is 4.18. The summed E-state index contributed by atoms with van der Waals surface area (Å²) in [6.45, 7) is 0. The zero-order valence-electron chi connectivity index (χ0n) is 8.94. The van der Waals surface area contributed by atoms with E-state index in [1.54, 1.807) is 18.2 Å². The normalized spacial score (nSPS) is 11.5. The van der Waals surface area contributed by atoms with Crippen LogP contribution in [0.3, 0.4) is 0 Å². The van der Waals surface area contributed by atoms with E-state index in [2.05, 4.69) is 9.73 Å². The monoisotopic (exact) mass is 273 g/mol. The first-order valence-electron chi connectivity index (χ1n) is 4.67. The van der Waals surface area contributed by atoms with Crippen molar-refractivity contribution in [1.82, 2.24) is 0 Å². The second-order valence-corrected chi connectivity index (χ2v) is 3.94. The maximum absolute atomic E-state index is 11.2. The van der Waals surface area contributed by atoms with E-state index in [-0.39, 0.29) is 11.4 Å². The average Bonchev–Trinajstić information content (AvgIpc) is 2.32. The highest BCUT2D eigenvalue weighted by Gasteiger charge is 2.19. The number of benzene rings is 1. The molecule has 4 nitrogen and oxygen atoms in total. The molecule has 0 amide bonds. The van der Waals surface area contributed by atoms with Crippen molar-refractivity contribution in [2.75, 3.05) is 7.11 Å². The maximum Gasteiger partial charge on any atom is 0.308 e. The molecule has 0 aliphatic carbocycles. The van der Waals surface area contributed by atoms with E-state index in [9.17, 15) is 9.59 Å². The summed E-state index contributed by atoms with van der Waals surface area (Å²) < 4.78 is 4.51. The van der Waals surface area contributed by atoms with Crippen LogP contribution in [0, 0.1) is 0 Å². The first-order valence-corrected chi connectivity index (χ1v) is 5.43. The third-order valence-electron chi connectivity index (χ3n) is 2.14. The van der Waals surface area contributed by atoms with E-state index in [0.29, 0.717) is 10.6 Å². The number of carbonyl (C=O) groups is 1. The standard InChI is InChI=1S/C11H9Cl2NO3/c1-17-10(16)5-9(14-6-15)7-3-2-4-8(12)11(7)13/h2-4,9H,5H2,1H3/t9-/m0/s1. The molecular weight excluding hydrogens is 265 g/mol. The van der Waals surface area contributed by atoms with Gasteiger partial charge in [-0.15, -0.1) is 0 Å². The lowest BCUT2D eigenvalue weighted by atomic mass is 10.0. The van der Waals surface area contributed by atoms with Crippen LogP contribution in [0.4, 0.5) is 0 Å². The molecule has 0 unspecified atom stereocenters. The minimum absolute atomic E-state index is 0.0915.